The van der Waals surface area contributed by atoms with Crippen molar-refractivity contribution in [3.05, 3.63) is 52.0 Å². The lowest BCUT2D eigenvalue weighted by Gasteiger charge is -2.32. The molecule has 1 saturated heterocycles. The average molecular weight is 343 g/mol. The summed E-state index contributed by atoms with van der Waals surface area (Å²) in [6.45, 7) is 5.29. The Hall–Kier alpha value is -1.72. The second kappa shape index (κ2) is 8.40. The van der Waals surface area contributed by atoms with Gasteiger partial charge in [-0.15, -0.1) is 11.3 Å². The van der Waals surface area contributed by atoms with Gasteiger partial charge in [0.2, 0.25) is 0 Å². The lowest BCUT2D eigenvalue weighted by atomic mass is 10.0. The normalized spacial score (nSPS) is 16.2. The van der Waals surface area contributed by atoms with E-state index in [-0.39, 0.29) is 5.91 Å². The number of aromatic nitrogens is 1. The molecular weight excluding hydrogens is 318 g/mol. The summed E-state index contributed by atoms with van der Waals surface area (Å²) in [6, 6.07) is 6.53. The average Bonchev–Trinajstić information content (AvgIpc) is 3.11. The number of nitrogens with zero attached hydrogens (tertiary/aromatic N) is 2. The van der Waals surface area contributed by atoms with Crippen LogP contribution in [-0.4, -0.2) is 41.5 Å². The molecule has 5 heteroatoms. The number of pyridine rings is 1. The van der Waals surface area contributed by atoms with Gasteiger partial charge in [-0.3, -0.25) is 9.78 Å². The smallest absolute Gasteiger partial charge is 0.261 e. The summed E-state index contributed by atoms with van der Waals surface area (Å²) in [7, 11) is 0. The summed E-state index contributed by atoms with van der Waals surface area (Å²) in [6.07, 6.45) is 7.76. The van der Waals surface area contributed by atoms with Gasteiger partial charge in [-0.05, 0) is 60.4 Å². The summed E-state index contributed by atoms with van der Waals surface area (Å²) >= 11 is 1.55. The first kappa shape index (κ1) is 17.1. The Morgan fingerprint density at radius 1 is 1.29 bits per heavy atom. The molecule has 24 heavy (non-hydrogen) atoms. The minimum Gasteiger partial charge on any atom is -0.349 e. The first-order valence-corrected chi connectivity index (χ1v) is 9.62. The first-order chi connectivity index (χ1) is 11.8. The molecule has 0 spiro atoms. The molecule has 3 heterocycles. The number of hydrogen-bond donors (Lipinski definition) is 1. The summed E-state index contributed by atoms with van der Waals surface area (Å²) < 4.78 is 0. The van der Waals surface area contributed by atoms with Gasteiger partial charge in [0.25, 0.3) is 5.91 Å². The van der Waals surface area contributed by atoms with Gasteiger partial charge in [0.1, 0.15) is 0 Å². The maximum absolute atomic E-state index is 12.4. The minimum atomic E-state index is 0.108. The van der Waals surface area contributed by atoms with Gasteiger partial charge in [0.05, 0.1) is 4.88 Å². The summed E-state index contributed by atoms with van der Waals surface area (Å²) in [5, 5.41) is 5.24. The molecule has 0 aromatic carbocycles. The fourth-order valence-corrected chi connectivity index (χ4v) is 4.10. The molecule has 1 N–H and O–H groups in total. The number of nitrogens with one attached hydrogen (secondary N) is 1. The molecule has 0 bridgehead atoms. The van der Waals surface area contributed by atoms with Crippen molar-refractivity contribution in [2.24, 2.45) is 0 Å². The highest BCUT2D eigenvalue weighted by molar-refractivity contribution is 7.12. The van der Waals surface area contributed by atoms with E-state index in [1.54, 1.807) is 11.3 Å². The number of rotatable bonds is 6. The number of aryl methyl sites for hydroxylation is 1. The van der Waals surface area contributed by atoms with E-state index in [1.807, 2.05) is 17.8 Å². The standard InChI is InChI=1S/C19H25N3OS/c1-2-16-8-14-24-18(16)19(23)21-17-6-12-22(13-7-17)11-5-15-3-9-20-10-4-15/h3-4,8-10,14,17H,2,5-7,11-13H2,1H3,(H,21,23). The van der Waals surface area contributed by atoms with Crippen LogP contribution in [0.5, 0.6) is 0 Å². The Morgan fingerprint density at radius 3 is 2.75 bits per heavy atom. The molecule has 0 radical (unpaired) electrons. The van der Waals surface area contributed by atoms with Crippen LogP contribution in [-0.2, 0) is 12.8 Å². The van der Waals surface area contributed by atoms with Crippen LogP contribution in [0.2, 0.25) is 0 Å². The Labute approximate surface area is 147 Å². The van der Waals surface area contributed by atoms with E-state index in [9.17, 15) is 4.79 Å². The first-order valence-electron chi connectivity index (χ1n) is 8.74. The zero-order valence-electron chi connectivity index (χ0n) is 14.2. The molecule has 0 unspecified atom stereocenters. The van der Waals surface area contributed by atoms with E-state index in [4.69, 9.17) is 0 Å². The molecule has 0 aliphatic carbocycles. The highest BCUT2D eigenvalue weighted by Gasteiger charge is 2.22. The number of hydrogen-bond acceptors (Lipinski definition) is 4. The molecular formula is C19H25N3OS. The van der Waals surface area contributed by atoms with Gasteiger partial charge in [-0.25, -0.2) is 0 Å². The predicted molar refractivity (Wildman–Crippen MR) is 98.6 cm³/mol. The monoisotopic (exact) mass is 343 g/mol. The quantitative estimate of drug-likeness (QED) is 0.876. The zero-order chi connectivity index (χ0) is 16.8. The van der Waals surface area contributed by atoms with Gasteiger partial charge in [0, 0.05) is 38.1 Å². The molecule has 1 amide bonds. The highest BCUT2D eigenvalue weighted by Crippen LogP contribution is 2.19. The molecule has 0 saturated carbocycles. The third-order valence-corrected chi connectivity index (χ3v) is 5.68. The van der Waals surface area contributed by atoms with Crippen molar-refractivity contribution < 1.29 is 4.79 Å². The van der Waals surface area contributed by atoms with Gasteiger partial charge in [-0.1, -0.05) is 6.92 Å². The van der Waals surface area contributed by atoms with Crippen molar-refractivity contribution in [1.82, 2.24) is 15.2 Å². The topological polar surface area (TPSA) is 45.2 Å². The van der Waals surface area contributed by atoms with Gasteiger partial charge in [0.15, 0.2) is 0 Å². The van der Waals surface area contributed by atoms with Crippen LogP contribution in [0.15, 0.2) is 36.0 Å². The van der Waals surface area contributed by atoms with Crippen LogP contribution in [0.4, 0.5) is 0 Å². The van der Waals surface area contributed by atoms with Crippen LogP contribution in [0.3, 0.4) is 0 Å². The van der Waals surface area contributed by atoms with Crippen LogP contribution >= 0.6 is 11.3 Å². The number of carbonyl (C=O) groups excluding carboxylic acids is 1. The van der Waals surface area contributed by atoms with E-state index in [0.29, 0.717) is 6.04 Å². The molecule has 2 aromatic rings. The maximum atomic E-state index is 12.4. The molecule has 128 valence electrons. The van der Waals surface area contributed by atoms with E-state index >= 15 is 0 Å². The predicted octanol–water partition coefficient (Wildman–Crippen LogP) is 3.14. The lowest BCUT2D eigenvalue weighted by molar-refractivity contribution is 0.0915. The van der Waals surface area contributed by atoms with Crippen molar-refractivity contribution in [3.63, 3.8) is 0 Å². The van der Waals surface area contributed by atoms with Crippen LogP contribution in [0.1, 0.15) is 40.6 Å². The molecule has 1 aliphatic heterocycles. The summed E-state index contributed by atoms with van der Waals surface area (Å²) in [5.41, 5.74) is 2.50. The number of likely N-dealkylation sites (tertiary alicyclic amines) is 1. The van der Waals surface area contributed by atoms with Gasteiger partial charge < -0.3 is 10.2 Å². The Balaban J connectivity index is 1.43. The molecule has 3 rings (SSSR count). The SMILES string of the molecule is CCc1ccsc1C(=O)NC1CCN(CCc2ccncc2)CC1. The third-order valence-electron chi connectivity index (χ3n) is 4.72. The summed E-state index contributed by atoms with van der Waals surface area (Å²) in [4.78, 5) is 19.9. The molecule has 1 aliphatic rings. The van der Waals surface area contributed by atoms with E-state index in [0.717, 1.165) is 55.8 Å². The largest absolute Gasteiger partial charge is 0.349 e. The van der Waals surface area contributed by atoms with E-state index < -0.39 is 0 Å². The summed E-state index contributed by atoms with van der Waals surface area (Å²) in [5.74, 6) is 0.108. The van der Waals surface area contributed by atoms with Crippen molar-refractivity contribution in [2.75, 3.05) is 19.6 Å². The van der Waals surface area contributed by atoms with Crippen molar-refractivity contribution >= 4 is 17.2 Å². The van der Waals surface area contributed by atoms with Crippen molar-refractivity contribution in [2.45, 2.75) is 38.6 Å². The highest BCUT2D eigenvalue weighted by atomic mass is 32.1. The third kappa shape index (κ3) is 4.42. The van der Waals surface area contributed by atoms with Crippen molar-refractivity contribution in [3.8, 4) is 0 Å². The molecule has 2 aromatic heterocycles. The molecule has 4 nitrogen and oxygen atoms in total. The second-order valence-electron chi connectivity index (χ2n) is 6.32. The zero-order valence-corrected chi connectivity index (χ0v) is 15.0. The van der Waals surface area contributed by atoms with Gasteiger partial charge >= 0.3 is 0 Å². The molecule has 1 fully saturated rings. The van der Waals surface area contributed by atoms with E-state index in [2.05, 4.69) is 40.3 Å². The second-order valence-corrected chi connectivity index (χ2v) is 7.24. The fraction of sp³-hybridized carbons (Fsp3) is 0.474. The Kier molecular flexibility index (Phi) is 5.99. The number of amides is 1. The minimum absolute atomic E-state index is 0.108. The van der Waals surface area contributed by atoms with Gasteiger partial charge in [-0.2, -0.15) is 0 Å². The van der Waals surface area contributed by atoms with Crippen molar-refractivity contribution in [1.29, 1.82) is 0 Å². The van der Waals surface area contributed by atoms with Crippen LogP contribution in [0, 0.1) is 0 Å². The van der Waals surface area contributed by atoms with Crippen LogP contribution in [0.25, 0.3) is 0 Å². The number of thiophene rings is 1. The maximum Gasteiger partial charge on any atom is 0.261 e. The Morgan fingerprint density at radius 2 is 2.04 bits per heavy atom. The van der Waals surface area contributed by atoms with Crippen LogP contribution < -0.4 is 5.32 Å². The Bertz CT molecular complexity index is 648. The lowest BCUT2D eigenvalue weighted by Crippen LogP contribution is -2.45. The van der Waals surface area contributed by atoms with E-state index in [1.165, 1.54) is 5.56 Å². The number of piperidine rings is 1. The number of carbonyl (C=O) groups is 1. The molecule has 0 atom stereocenters. The fourth-order valence-electron chi connectivity index (χ4n) is 3.20.